The molecule has 0 saturated heterocycles. The van der Waals surface area contributed by atoms with E-state index in [4.69, 9.17) is 10.00 Å². The zero-order chi connectivity index (χ0) is 10.7. The molecule has 3 nitrogen and oxygen atoms in total. The van der Waals surface area contributed by atoms with Crippen LogP contribution in [0.2, 0.25) is 0 Å². The zero-order valence-corrected chi connectivity index (χ0v) is 8.40. The van der Waals surface area contributed by atoms with Crippen LogP contribution in [-0.2, 0) is 6.42 Å². The number of hydrogen-bond donors (Lipinski definition) is 0. The van der Waals surface area contributed by atoms with Crippen LogP contribution in [0.4, 0.5) is 0 Å². The van der Waals surface area contributed by atoms with Crippen molar-refractivity contribution < 1.29 is 4.74 Å². The summed E-state index contributed by atoms with van der Waals surface area (Å²) in [5.74, 6) is 0.743. The average molecular weight is 198 g/mol. The van der Waals surface area contributed by atoms with Gasteiger partial charge in [-0.3, -0.25) is 4.98 Å². The maximum Gasteiger partial charge on any atom is 0.145 e. The summed E-state index contributed by atoms with van der Waals surface area (Å²) in [4.78, 5) is 4.26. The lowest BCUT2D eigenvalue weighted by molar-refractivity contribution is 0.419. The second-order valence-corrected chi connectivity index (χ2v) is 3.16. The second kappa shape index (κ2) is 3.97. The Balaban J connectivity index is 2.72. The molecular weight excluding hydrogens is 188 g/mol. The van der Waals surface area contributed by atoms with E-state index in [1.807, 2.05) is 24.3 Å². The molecule has 0 aliphatic heterocycles. The van der Waals surface area contributed by atoms with Gasteiger partial charge >= 0.3 is 0 Å². The summed E-state index contributed by atoms with van der Waals surface area (Å²) in [6, 6.07) is 9.72. The number of fused-ring (bicyclic) bond motifs is 1. The van der Waals surface area contributed by atoms with Gasteiger partial charge in [0.1, 0.15) is 11.3 Å². The molecule has 0 fully saturated rings. The summed E-state index contributed by atoms with van der Waals surface area (Å²) >= 11 is 0. The highest BCUT2D eigenvalue weighted by atomic mass is 16.5. The van der Waals surface area contributed by atoms with Crippen LogP contribution >= 0.6 is 0 Å². The topological polar surface area (TPSA) is 45.9 Å². The fraction of sp³-hybridized carbons (Fsp3) is 0.167. The molecule has 1 aromatic heterocycles. The molecule has 0 bridgehead atoms. The van der Waals surface area contributed by atoms with Crippen LogP contribution in [0, 0.1) is 11.3 Å². The first-order chi connectivity index (χ1) is 7.36. The van der Waals surface area contributed by atoms with E-state index in [0.29, 0.717) is 6.42 Å². The Morgan fingerprint density at radius 2 is 2.27 bits per heavy atom. The van der Waals surface area contributed by atoms with Crippen molar-refractivity contribution in [3.05, 3.63) is 36.0 Å². The van der Waals surface area contributed by atoms with Crippen molar-refractivity contribution in [2.24, 2.45) is 0 Å². The molecule has 0 aliphatic carbocycles. The number of ether oxygens (including phenoxy) is 1. The predicted octanol–water partition coefficient (Wildman–Crippen LogP) is 2.31. The van der Waals surface area contributed by atoms with Gasteiger partial charge in [0.15, 0.2) is 0 Å². The maximum absolute atomic E-state index is 8.70. The van der Waals surface area contributed by atoms with E-state index in [9.17, 15) is 0 Å². The zero-order valence-electron chi connectivity index (χ0n) is 8.40. The number of methoxy groups -OCH3 is 1. The van der Waals surface area contributed by atoms with Gasteiger partial charge in [0.25, 0.3) is 0 Å². The van der Waals surface area contributed by atoms with Crippen molar-refractivity contribution in [1.82, 2.24) is 4.98 Å². The predicted molar refractivity (Wildman–Crippen MR) is 57.6 cm³/mol. The SMILES string of the molecule is COc1ccc(CC#N)c2cccnc12. The molecule has 15 heavy (non-hydrogen) atoms. The van der Waals surface area contributed by atoms with Crippen molar-refractivity contribution >= 4 is 10.9 Å². The molecule has 3 heteroatoms. The number of pyridine rings is 1. The number of nitriles is 1. The van der Waals surface area contributed by atoms with E-state index in [1.165, 1.54) is 0 Å². The van der Waals surface area contributed by atoms with E-state index in [1.54, 1.807) is 13.3 Å². The number of nitrogens with zero attached hydrogens (tertiary/aromatic N) is 2. The number of benzene rings is 1. The molecule has 0 saturated carbocycles. The summed E-state index contributed by atoms with van der Waals surface area (Å²) in [5, 5.41) is 9.69. The maximum atomic E-state index is 8.70. The van der Waals surface area contributed by atoms with Crippen LogP contribution in [-0.4, -0.2) is 12.1 Å². The molecule has 2 rings (SSSR count). The number of hydrogen-bond acceptors (Lipinski definition) is 3. The molecule has 0 radical (unpaired) electrons. The monoisotopic (exact) mass is 198 g/mol. The molecule has 1 heterocycles. The Labute approximate surface area is 87.9 Å². The molecule has 0 N–H and O–H groups in total. The highest BCUT2D eigenvalue weighted by Crippen LogP contribution is 2.26. The van der Waals surface area contributed by atoms with Gasteiger partial charge in [0.2, 0.25) is 0 Å². The van der Waals surface area contributed by atoms with Crippen molar-refractivity contribution in [3.8, 4) is 11.8 Å². The van der Waals surface area contributed by atoms with Gasteiger partial charge in [0.05, 0.1) is 19.6 Å². The largest absolute Gasteiger partial charge is 0.494 e. The van der Waals surface area contributed by atoms with Gasteiger partial charge in [0, 0.05) is 11.6 Å². The van der Waals surface area contributed by atoms with Crippen LogP contribution in [0.25, 0.3) is 10.9 Å². The minimum absolute atomic E-state index is 0.395. The molecule has 2 aromatic rings. The molecule has 0 aliphatic rings. The molecule has 74 valence electrons. The summed E-state index contributed by atoms with van der Waals surface area (Å²) in [5.41, 5.74) is 1.80. The minimum atomic E-state index is 0.395. The van der Waals surface area contributed by atoms with Crippen molar-refractivity contribution in [2.75, 3.05) is 7.11 Å². The highest BCUT2D eigenvalue weighted by Gasteiger charge is 2.06. The fourth-order valence-electron chi connectivity index (χ4n) is 1.61. The second-order valence-electron chi connectivity index (χ2n) is 3.16. The Bertz CT molecular complexity index is 529. The third-order valence-corrected chi connectivity index (χ3v) is 2.31. The van der Waals surface area contributed by atoms with Crippen LogP contribution < -0.4 is 4.74 Å². The molecule has 0 unspecified atom stereocenters. The third kappa shape index (κ3) is 1.62. The van der Waals surface area contributed by atoms with E-state index >= 15 is 0 Å². The lowest BCUT2D eigenvalue weighted by Crippen LogP contribution is -1.91. The van der Waals surface area contributed by atoms with Gasteiger partial charge in [-0.25, -0.2) is 0 Å². The normalized spacial score (nSPS) is 9.87. The van der Waals surface area contributed by atoms with Crippen LogP contribution in [0.5, 0.6) is 5.75 Å². The standard InChI is InChI=1S/C12H10N2O/c1-15-11-5-4-9(6-7-13)10-3-2-8-14-12(10)11/h2-5,8H,6H2,1H3. The first-order valence-electron chi connectivity index (χ1n) is 4.64. The molecule has 1 aromatic carbocycles. The summed E-state index contributed by atoms with van der Waals surface area (Å²) in [6.45, 7) is 0. The first-order valence-corrected chi connectivity index (χ1v) is 4.64. The van der Waals surface area contributed by atoms with Crippen molar-refractivity contribution in [1.29, 1.82) is 5.26 Å². The summed E-state index contributed by atoms with van der Waals surface area (Å²) < 4.78 is 5.22. The smallest absolute Gasteiger partial charge is 0.145 e. The van der Waals surface area contributed by atoms with E-state index in [2.05, 4.69) is 11.1 Å². The number of aromatic nitrogens is 1. The van der Waals surface area contributed by atoms with Crippen molar-refractivity contribution in [2.45, 2.75) is 6.42 Å². The lowest BCUT2D eigenvalue weighted by atomic mass is 10.1. The van der Waals surface area contributed by atoms with Gasteiger partial charge in [-0.2, -0.15) is 5.26 Å². The average Bonchev–Trinajstić information content (AvgIpc) is 2.30. The Hall–Kier alpha value is -2.08. The Kier molecular flexibility index (Phi) is 2.51. The lowest BCUT2D eigenvalue weighted by Gasteiger charge is -2.06. The molecule has 0 spiro atoms. The van der Waals surface area contributed by atoms with Gasteiger partial charge in [-0.05, 0) is 17.7 Å². The van der Waals surface area contributed by atoms with Crippen LogP contribution in [0.15, 0.2) is 30.5 Å². The van der Waals surface area contributed by atoms with Crippen molar-refractivity contribution in [3.63, 3.8) is 0 Å². The molecular formula is C12H10N2O. The number of rotatable bonds is 2. The minimum Gasteiger partial charge on any atom is -0.494 e. The quantitative estimate of drug-likeness (QED) is 0.743. The molecule has 0 amide bonds. The van der Waals surface area contributed by atoms with Gasteiger partial charge in [-0.15, -0.1) is 0 Å². The Morgan fingerprint density at radius 3 is 3.00 bits per heavy atom. The highest BCUT2D eigenvalue weighted by molar-refractivity contribution is 5.87. The van der Waals surface area contributed by atoms with E-state index < -0.39 is 0 Å². The third-order valence-electron chi connectivity index (χ3n) is 2.31. The first kappa shape index (κ1) is 9.47. The molecule has 0 atom stereocenters. The summed E-state index contributed by atoms with van der Waals surface area (Å²) in [7, 11) is 1.62. The fourth-order valence-corrected chi connectivity index (χ4v) is 1.61. The van der Waals surface area contributed by atoms with Crippen LogP contribution in [0.3, 0.4) is 0 Å². The summed E-state index contributed by atoms with van der Waals surface area (Å²) in [6.07, 6.45) is 2.12. The van der Waals surface area contributed by atoms with Gasteiger partial charge in [-0.1, -0.05) is 12.1 Å². The van der Waals surface area contributed by atoms with Gasteiger partial charge < -0.3 is 4.74 Å². The Morgan fingerprint density at radius 1 is 1.40 bits per heavy atom. The van der Waals surface area contributed by atoms with E-state index in [0.717, 1.165) is 22.2 Å². The van der Waals surface area contributed by atoms with Crippen LogP contribution in [0.1, 0.15) is 5.56 Å². The van der Waals surface area contributed by atoms with E-state index in [-0.39, 0.29) is 0 Å².